The molecule has 5 aromatic carbocycles. The molecule has 0 fully saturated rings. The normalized spacial score (nSPS) is 12.2. The number of hydrogen-bond acceptors (Lipinski definition) is 0. The van der Waals surface area contributed by atoms with Gasteiger partial charge in [0, 0.05) is 0 Å². The second kappa shape index (κ2) is 11.5. The zero-order valence-corrected chi connectivity index (χ0v) is 28.3. The minimum atomic E-state index is -2.89. The van der Waals surface area contributed by atoms with Gasteiger partial charge in [-0.3, -0.25) is 0 Å². The van der Waals surface area contributed by atoms with Crippen LogP contribution in [0.4, 0.5) is 0 Å². The summed E-state index contributed by atoms with van der Waals surface area (Å²) in [6.07, 6.45) is 1.08. The summed E-state index contributed by atoms with van der Waals surface area (Å²) in [4.78, 5) is 0. The third-order valence-corrected chi connectivity index (χ3v) is 51.7. The van der Waals surface area contributed by atoms with Crippen molar-refractivity contribution in [3.8, 4) is 0 Å². The van der Waals surface area contributed by atoms with E-state index < -0.39 is 28.7 Å². The first-order valence-corrected chi connectivity index (χ1v) is 30.4. The molecule has 37 heavy (non-hydrogen) atoms. The molecule has 0 N–H and O–H groups in total. The first-order valence-electron chi connectivity index (χ1n) is 13.3. The standard InChI is InChI=1S/C18H15Ge.C17H19.Sn.2H/c1-4-10-16(11-5-1)19(17-12-6-2-7-13-17)18-14-8-3-9-15-18;1-14-9-7-8-10-15(14)13-17(2,3)16-11-5-4-6-12-16;;;/h1-15H;4-9,11-12H,13H2,1-3H3;;;. The quantitative estimate of drug-likeness (QED) is 0.209. The van der Waals surface area contributed by atoms with Crippen LogP contribution >= 0.6 is 0 Å². The van der Waals surface area contributed by atoms with Crippen LogP contribution < -0.4 is 16.8 Å². The van der Waals surface area contributed by atoms with Crippen LogP contribution in [0.15, 0.2) is 140 Å². The molecule has 0 aliphatic heterocycles. The Morgan fingerprint density at radius 3 is 1.43 bits per heavy atom. The molecule has 0 nitrogen and oxygen atoms in total. The number of rotatable bonds is 8. The monoisotopic (exact) mass is 650 g/mol. The molecule has 0 saturated carbocycles. The van der Waals surface area contributed by atoms with Gasteiger partial charge in [0.2, 0.25) is 0 Å². The maximum absolute atomic E-state index is 2.89. The Morgan fingerprint density at radius 1 is 0.541 bits per heavy atom. The topological polar surface area (TPSA) is 0 Å². The number of hydrogen-bond donors (Lipinski definition) is 0. The molecule has 0 bridgehead atoms. The third-order valence-electron chi connectivity index (χ3n) is 7.94. The molecule has 0 amide bonds. The number of benzene rings is 5. The average molecular weight is 648 g/mol. The van der Waals surface area contributed by atoms with Crippen molar-refractivity contribution in [2.24, 2.45) is 0 Å². The molecular weight excluding hydrogens is 612 g/mol. The second-order valence-corrected chi connectivity index (χ2v) is 42.1. The molecule has 0 spiro atoms. The van der Waals surface area contributed by atoms with Gasteiger partial charge in [0.25, 0.3) is 0 Å². The van der Waals surface area contributed by atoms with Crippen molar-refractivity contribution >= 4 is 45.5 Å². The summed E-state index contributed by atoms with van der Waals surface area (Å²) >= 11 is -1.63. The second-order valence-electron chi connectivity index (χ2n) is 10.8. The van der Waals surface area contributed by atoms with Crippen molar-refractivity contribution in [3.05, 3.63) is 156 Å². The molecule has 0 radical (unpaired) electrons. The molecule has 5 rings (SSSR count). The molecule has 2 heteroatoms. The van der Waals surface area contributed by atoms with Gasteiger partial charge >= 0.3 is 234 Å². The van der Waals surface area contributed by atoms with E-state index in [1.807, 2.05) is 0 Å². The molecule has 0 aromatic heterocycles. The summed E-state index contributed by atoms with van der Waals surface area (Å²) in [6.45, 7) is 7.15. The molecule has 0 aliphatic rings. The molecule has 0 aliphatic carbocycles. The Morgan fingerprint density at radius 2 is 0.973 bits per heavy atom. The van der Waals surface area contributed by atoms with Gasteiger partial charge in [-0.05, 0) is 0 Å². The van der Waals surface area contributed by atoms with Gasteiger partial charge in [0.1, 0.15) is 0 Å². The van der Waals surface area contributed by atoms with E-state index in [1.54, 1.807) is 22.3 Å². The van der Waals surface area contributed by atoms with Crippen molar-refractivity contribution in [1.82, 2.24) is 0 Å². The molecule has 184 valence electrons. The van der Waals surface area contributed by atoms with Gasteiger partial charge in [-0.2, -0.15) is 0 Å². The summed E-state index contributed by atoms with van der Waals surface area (Å²) in [5, 5.41) is 0. The fourth-order valence-electron chi connectivity index (χ4n) is 5.87. The van der Waals surface area contributed by atoms with E-state index in [0.717, 1.165) is 6.42 Å². The van der Waals surface area contributed by atoms with E-state index in [4.69, 9.17) is 0 Å². The van der Waals surface area contributed by atoms with Crippen LogP contribution in [-0.2, 0) is 11.8 Å². The molecule has 0 heterocycles. The Labute approximate surface area is 232 Å². The van der Waals surface area contributed by atoms with Crippen molar-refractivity contribution in [3.63, 3.8) is 0 Å². The average Bonchev–Trinajstić information content (AvgIpc) is 2.95. The van der Waals surface area contributed by atoms with E-state index >= 15 is 0 Å². The molecule has 5 aromatic rings. The van der Waals surface area contributed by atoms with E-state index in [1.165, 1.54) is 11.1 Å². The zero-order valence-electron chi connectivity index (χ0n) is 22.2. The Bertz CT molecular complexity index is 1330. The Kier molecular flexibility index (Phi) is 8.07. The van der Waals surface area contributed by atoms with Gasteiger partial charge < -0.3 is 0 Å². The summed E-state index contributed by atoms with van der Waals surface area (Å²) in [5.41, 5.74) is 4.55. The van der Waals surface area contributed by atoms with Crippen molar-refractivity contribution in [2.75, 3.05) is 0 Å². The third kappa shape index (κ3) is 5.51. The fourth-order valence-corrected chi connectivity index (χ4v) is 50.4. The van der Waals surface area contributed by atoms with Gasteiger partial charge in [0.05, 0.1) is 0 Å². The predicted molar refractivity (Wildman–Crippen MR) is 167 cm³/mol. The van der Waals surface area contributed by atoms with Crippen molar-refractivity contribution in [2.45, 2.75) is 32.6 Å². The molecular formula is C35H36GeSn. The first-order chi connectivity index (χ1) is 18.0. The Hall–Kier alpha value is -2.56. The van der Waals surface area contributed by atoms with Crippen LogP contribution in [0, 0.1) is 6.92 Å². The number of aryl methyl sites for hydroxylation is 1. The first kappa shape index (κ1) is 26.1. The van der Waals surface area contributed by atoms with E-state index in [-0.39, 0.29) is 5.41 Å². The Balaban J connectivity index is 1.70. The summed E-state index contributed by atoms with van der Waals surface area (Å²) in [6, 6.07) is 52.8. The van der Waals surface area contributed by atoms with Crippen LogP contribution in [0.5, 0.6) is 0 Å². The van der Waals surface area contributed by atoms with E-state index in [0.29, 0.717) is 0 Å². The molecule has 0 atom stereocenters. The van der Waals surface area contributed by atoms with Crippen LogP contribution in [0.2, 0.25) is 0 Å². The minimum absolute atomic E-state index is 0.0793. The zero-order chi connectivity index (χ0) is 25.7. The van der Waals surface area contributed by atoms with Crippen LogP contribution in [0.1, 0.15) is 30.5 Å². The van der Waals surface area contributed by atoms with Crippen LogP contribution in [-0.4, -0.2) is 28.7 Å². The van der Waals surface area contributed by atoms with Gasteiger partial charge in [-0.25, -0.2) is 0 Å². The van der Waals surface area contributed by atoms with Gasteiger partial charge in [-0.15, -0.1) is 0 Å². The van der Waals surface area contributed by atoms with Crippen LogP contribution in [0.25, 0.3) is 0 Å². The predicted octanol–water partition coefficient (Wildman–Crippen LogP) is 4.98. The van der Waals surface area contributed by atoms with Gasteiger partial charge in [0.15, 0.2) is 0 Å². The SMILES string of the molecule is Cc1ccc[c]([SnH2][Ge]([c]2ccccc2)([c]2ccccc2)[c]2ccccc2)c1CC(C)(C)c1ccccc1. The fraction of sp³-hybridized carbons (Fsp3) is 0.143. The van der Waals surface area contributed by atoms with Crippen molar-refractivity contribution < 1.29 is 0 Å². The van der Waals surface area contributed by atoms with E-state index in [9.17, 15) is 0 Å². The summed E-state index contributed by atoms with van der Waals surface area (Å²) in [7, 11) is -2.89. The van der Waals surface area contributed by atoms with E-state index in [2.05, 4.69) is 160 Å². The van der Waals surface area contributed by atoms with Gasteiger partial charge in [-0.1, -0.05) is 0 Å². The van der Waals surface area contributed by atoms with Crippen molar-refractivity contribution in [1.29, 1.82) is 0 Å². The summed E-state index contributed by atoms with van der Waals surface area (Å²) < 4.78 is 6.52. The molecule has 0 saturated heterocycles. The van der Waals surface area contributed by atoms with Crippen LogP contribution in [0.3, 0.4) is 0 Å². The maximum atomic E-state index is 2.49. The molecule has 0 unspecified atom stereocenters. The summed E-state index contributed by atoms with van der Waals surface area (Å²) in [5.74, 6) is 0.